The zero-order valence-corrected chi connectivity index (χ0v) is 14.5. The molecule has 24 heavy (non-hydrogen) atoms. The number of pyridine rings is 1. The molecule has 0 unspecified atom stereocenters. The van der Waals surface area contributed by atoms with Gasteiger partial charge < -0.3 is 20.0 Å². The minimum atomic E-state index is -0.326. The first kappa shape index (κ1) is 17.8. The van der Waals surface area contributed by atoms with Gasteiger partial charge in [-0.25, -0.2) is 4.79 Å². The molecule has 0 saturated carbocycles. The van der Waals surface area contributed by atoms with Crippen LogP contribution in [0.2, 0.25) is 0 Å². The number of aromatic amines is 1. The van der Waals surface area contributed by atoms with Gasteiger partial charge in [0.1, 0.15) is 5.76 Å². The first-order chi connectivity index (χ1) is 11.4. The predicted octanol–water partition coefficient (Wildman–Crippen LogP) is 1.69. The van der Waals surface area contributed by atoms with Gasteiger partial charge in [0.2, 0.25) is 0 Å². The van der Waals surface area contributed by atoms with E-state index in [4.69, 9.17) is 4.42 Å². The number of amides is 2. The Morgan fingerprint density at radius 1 is 1.33 bits per heavy atom. The van der Waals surface area contributed by atoms with Crippen molar-refractivity contribution in [2.24, 2.45) is 0 Å². The monoisotopic (exact) mass is 332 g/mol. The fraction of sp³-hybridized carbons (Fsp3) is 0.412. The number of furan rings is 1. The maximum absolute atomic E-state index is 12.0. The summed E-state index contributed by atoms with van der Waals surface area (Å²) in [5.74, 6) is 0.783. The zero-order valence-electron chi connectivity index (χ0n) is 14.5. The molecule has 0 radical (unpaired) electrons. The second-order valence-electron chi connectivity index (χ2n) is 6.00. The van der Waals surface area contributed by atoms with Crippen LogP contribution in [0.5, 0.6) is 0 Å². The number of H-pyrrole nitrogens is 1. The van der Waals surface area contributed by atoms with Crippen molar-refractivity contribution in [1.29, 1.82) is 0 Å². The molecule has 2 aromatic heterocycles. The molecule has 1 atom stereocenters. The van der Waals surface area contributed by atoms with Crippen molar-refractivity contribution in [2.75, 3.05) is 20.6 Å². The molecule has 7 nitrogen and oxygen atoms in total. The summed E-state index contributed by atoms with van der Waals surface area (Å²) in [7, 11) is 3.84. The van der Waals surface area contributed by atoms with Crippen LogP contribution in [0.1, 0.15) is 28.6 Å². The molecule has 0 spiro atoms. The van der Waals surface area contributed by atoms with E-state index in [-0.39, 0.29) is 24.2 Å². The Kier molecular flexibility index (Phi) is 5.81. The SMILES string of the molecule is Cc1cc(C)c(CNC(=O)NC[C@H](c2ccco2)N(C)C)c(=O)[nH]1. The molecule has 7 heteroatoms. The Morgan fingerprint density at radius 3 is 2.67 bits per heavy atom. The first-order valence-electron chi connectivity index (χ1n) is 7.79. The summed E-state index contributed by atoms with van der Waals surface area (Å²) in [6.07, 6.45) is 1.61. The second-order valence-corrected chi connectivity index (χ2v) is 6.00. The van der Waals surface area contributed by atoms with Gasteiger partial charge in [0.15, 0.2) is 0 Å². The number of nitrogens with one attached hydrogen (secondary N) is 3. The molecule has 0 aromatic carbocycles. The molecule has 0 aliphatic heterocycles. The highest BCUT2D eigenvalue weighted by atomic mass is 16.3. The number of nitrogens with zero attached hydrogens (tertiary/aromatic N) is 1. The molecule has 0 aliphatic rings. The van der Waals surface area contributed by atoms with E-state index in [2.05, 4.69) is 15.6 Å². The second kappa shape index (κ2) is 7.83. The number of carbonyl (C=O) groups is 1. The maximum atomic E-state index is 12.0. The van der Waals surface area contributed by atoms with Crippen LogP contribution in [0.4, 0.5) is 4.79 Å². The van der Waals surface area contributed by atoms with E-state index >= 15 is 0 Å². The Morgan fingerprint density at radius 2 is 2.08 bits per heavy atom. The fourth-order valence-corrected chi connectivity index (χ4v) is 2.54. The van der Waals surface area contributed by atoms with Crippen LogP contribution < -0.4 is 16.2 Å². The molecule has 130 valence electrons. The molecule has 2 amide bonds. The summed E-state index contributed by atoms with van der Waals surface area (Å²) < 4.78 is 5.40. The normalized spacial score (nSPS) is 12.2. The minimum Gasteiger partial charge on any atom is -0.468 e. The van der Waals surface area contributed by atoms with Crippen molar-refractivity contribution < 1.29 is 9.21 Å². The third kappa shape index (κ3) is 4.48. The van der Waals surface area contributed by atoms with Crippen LogP contribution in [0.25, 0.3) is 0 Å². The Hall–Kier alpha value is -2.54. The summed E-state index contributed by atoms with van der Waals surface area (Å²) in [6, 6.07) is 5.19. The summed E-state index contributed by atoms with van der Waals surface area (Å²) in [5, 5.41) is 5.53. The molecule has 0 fully saturated rings. The number of aromatic nitrogens is 1. The number of hydrogen-bond acceptors (Lipinski definition) is 4. The van der Waals surface area contributed by atoms with Crippen LogP contribution in [0.15, 0.2) is 33.7 Å². The van der Waals surface area contributed by atoms with Gasteiger partial charge in [-0.2, -0.15) is 0 Å². The van der Waals surface area contributed by atoms with E-state index in [0.717, 1.165) is 17.0 Å². The van der Waals surface area contributed by atoms with Crippen LogP contribution in [0.3, 0.4) is 0 Å². The number of hydrogen-bond donors (Lipinski definition) is 3. The van der Waals surface area contributed by atoms with Gasteiger partial charge in [-0.3, -0.25) is 9.69 Å². The van der Waals surface area contributed by atoms with E-state index in [1.165, 1.54) is 0 Å². The summed E-state index contributed by atoms with van der Waals surface area (Å²) in [6.45, 7) is 4.26. The van der Waals surface area contributed by atoms with Crippen molar-refractivity contribution in [1.82, 2.24) is 20.5 Å². The van der Waals surface area contributed by atoms with E-state index in [9.17, 15) is 9.59 Å². The Bertz CT molecular complexity index is 735. The highest BCUT2D eigenvalue weighted by Gasteiger charge is 2.17. The first-order valence-corrected chi connectivity index (χ1v) is 7.79. The van der Waals surface area contributed by atoms with Crippen molar-refractivity contribution in [3.05, 3.63) is 57.4 Å². The smallest absolute Gasteiger partial charge is 0.315 e. The number of urea groups is 1. The van der Waals surface area contributed by atoms with Crippen molar-refractivity contribution in [3.8, 4) is 0 Å². The van der Waals surface area contributed by atoms with Gasteiger partial charge in [-0.1, -0.05) is 0 Å². The van der Waals surface area contributed by atoms with Crippen LogP contribution >= 0.6 is 0 Å². The van der Waals surface area contributed by atoms with Crippen molar-refractivity contribution in [2.45, 2.75) is 26.4 Å². The summed E-state index contributed by atoms with van der Waals surface area (Å²) >= 11 is 0. The topological polar surface area (TPSA) is 90.4 Å². The molecule has 0 bridgehead atoms. The third-order valence-corrected chi connectivity index (χ3v) is 3.87. The van der Waals surface area contributed by atoms with Gasteiger partial charge in [0.25, 0.3) is 5.56 Å². The molecule has 3 N–H and O–H groups in total. The van der Waals surface area contributed by atoms with Gasteiger partial charge in [-0.05, 0) is 51.7 Å². The molecule has 2 rings (SSSR count). The van der Waals surface area contributed by atoms with Crippen LogP contribution in [-0.2, 0) is 6.54 Å². The quantitative estimate of drug-likeness (QED) is 0.751. The zero-order chi connectivity index (χ0) is 17.7. The molecule has 2 aromatic rings. The number of aryl methyl sites for hydroxylation is 2. The lowest BCUT2D eigenvalue weighted by molar-refractivity contribution is 0.225. The molecular formula is C17H24N4O3. The van der Waals surface area contributed by atoms with E-state index in [1.807, 2.05) is 51.0 Å². The number of rotatable bonds is 6. The molecule has 0 saturated heterocycles. The van der Waals surface area contributed by atoms with Gasteiger partial charge >= 0.3 is 6.03 Å². The molecule has 0 aliphatic carbocycles. The van der Waals surface area contributed by atoms with E-state index in [0.29, 0.717) is 12.1 Å². The molecule has 2 heterocycles. The van der Waals surface area contributed by atoms with E-state index in [1.54, 1.807) is 6.26 Å². The summed E-state index contributed by atoms with van der Waals surface area (Å²) in [4.78, 5) is 28.7. The fourth-order valence-electron chi connectivity index (χ4n) is 2.54. The lowest BCUT2D eigenvalue weighted by atomic mass is 10.1. The van der Waals surface area contributed by atoms with Gasteiger partial charge in [0.05, 0.1) is 18.8 Å². The van der Waals surface area contributed by atoms with Crippen molar-refractivity contribution in [3.63, 3.8) is 0 Å². The van der Waals surface area contributed by atoms with E-state index < -0.39 is 0 Å². The maximum Gasteiger partial charge on any atom is 0.315 e. The lowest BCUT2D eigenvalue weighted by Crippen LogP contribution is -2.41. The number of likely N-dealkylation sites (N-methyl/N-ethyl adjacent to an activating group) is 1. The largest absolute Gasteiger partial charge is 0.468 e. The standard InChI is InChI=1S/C17H24N4O3/c1-11-8-12(2)20-16(22)13(11)9-18-17(23)19-10-14(21(3)4)15-6-5-7-24-15/h5-8,14H,9-10H2,1-4H3,(H,20,22)(H2,18,19,23)/t14-/m1/s1. The predicted molar refractivity (Wildman–Crippen MR) is 91.9 cm³/mol. The average molecular weight is 332 g/mol. The highest BCUT2D eigenvalue weighted by Crippen LogP contribution is 2.17. The average Bonchev–Trinajstić information content (AvgIpc) is 3.00. The number of carbonyl (C=O) groups excluding carboxylic acids is 1. The van der Waals surface area contributed by atoms with Crippen LogP contribution in [0, 0.1) is 13.8 Å². The molecular weight excluding hydrogens is 308 g/mol. The Balaban J connectivity index is 1.91. The highest BCUT2D eigenvalue weighted by molar-refractivity contribution is 5.73. The Labute approximate surface area is 141 Å². The summed E-state index contributed by atoms with van der Waals surface area (Å²) in [5.41, 5.74) is 2.05. The third-order valence-electron chi connectivity index (χ3n) is 3.87. The lowest BCUT2D eigenvalue weighted by Gasteiger charge is -2.22. The van der Waals surface area contributed by atoms with Crippen molar-refractivity contribution >= 4 is 6.03 Å². The van der Waals surface area contributed by atoms with Gasteiger partial charge in [-0.15, -0.1) is 0 Å². The minimum absolute atomic E-state index is 0.0599. The van der Waals surface area contributed by atoms with Gasteiger partial charge in [0, 0.05) is 17.8 Å². The van der Waals surface area contributed by atoms with Crippen LogP contribution in [-0.4, -0.2) is 36.6 Å².